The van der Waals surface area contributed by atoms with Gasteiger partial charge < -0.3 is 14.6 Å². The number of nitrogens with zero attached hydrogens (tertiary/aromatic N) is 2. The van der Waals surface area contributed by atoms with Gasteiger partial charge in [-0.3, -0.25) is 19.1 Å². The largest absolute Gasteiger partial charge is 0.337 e. The molecule has 1 aromatic carbocycles. The highest BCUT2D eigenvalue weighted by Crippen LogP contribution is 2.35. The van der Waals surface area contributed by atoms with Crippen molar-refractivity contribution in [1.82, 2.24) is 10.0 Å². The van der Waals surface area contributed by atoms with Crippen LogP contribution in [0, 0.1) is 0 Å². The Morgan fingerprint density at radius 1 is 1.07 bits per heavy atom. The van der Waals surface area contributed by atoms with Gasteiger partial charge in [0.2, 0.25) is 0 Å². The molecule has 0 saturated carbocycles. The third-order valence-corrected chi connectivity index (χ3v) is 5.67. The Balaban J connectivity index is 1.54. The van der Waals surface area contributed by atoms with Crippen molar-refractivity contribution in [3.63, 3.8) is 0 Å². The van der Waals surface area contributed by atoms with Crippen molar-refractivity contribution in [2.45, 2.75) is 44.9 Å². The molecule has 1 aliphatic heterocycles. The maximum Gasteiger partial charge on any atom is 0.337 e. The minimum Gasteiger partial charge on any atom is -0.330 e. The molecule has 0 atom stereocenters. The lowest BCUT2D eigenvalue weighted by Gasteiger charge is -2.12. The second kappa shape index (κ2) is 9.47. The van der Waals surface area contributed by atoms with Crippen molar-refractivity contribution in [1.29, 1.82) is 0 Å². The van der Waals surface area contributed by atoms with Crippen LogP contribution in [0.4, 0.5) is 0 Å². The van der Waals surface area contributed by atoms with Crippen molar-refractivity contribution in [2.75, 3.05) is 6.16 Å². The van der Waals surface area contributed by atoms with E-state index in [1.165, 1.54) is 0 Å². The lowest BCUT2D eigenvalue weighted by atomic mass is 10.0. The van der Waals surface area contributed by atoms with Crippen molar-refractivity contribution in [3.8, 4) is 0 Å². The molecule has 1 aromatic heterocycles. The molecule has 0 radical (unpaired) electrons. The molecular weight excluding hydrogens is 411 g/mol. The summed E-state index contributed by atoms with van der Waals surface area (Å²) in [7, 11) is -3.92. The highest BCUT2D eigenvalue weighted by molar-refractivity contribution is 7.51. The number of unbranched alkanes of at least 4 members (excludes halogenated alkanes) is 2. The number of imide groups is 1. The Kier molecular flexibility index (Phi) is 6.97. The second-order valence-electron chi connectivity index (χ2n) is 7.29. The molecule has 160 valence electrons. The van der Waals surface area contributed by atoms with Crippen LogP contribution in [0.3, 0.4) is 0 Å². The van der Waals surface area contributed by atoms with Gasteiger partial charge in [-0.15, -0.1) is 5.06 Å². The van der Waals surface area contributed by atoms with E-state index in [0.29, 0.717) is 22.6 Å². The van der Waals surface area contributed by atoms with Gasteiger partial charge in [-0.1, -0.05) is 18.6 Å². The number of amides is 2. The molecule has 2 aromatic rings. The second-order valence-corrected chi connectivity index (χ2v) is 9.07. The number of aromatic nitrogens is 1. The third kappa shape index (κ3) is 6.19. The van der Waals surface area contributed by atoms with Crippen molar-refractivity contribution in [3.05, 3.63) is 41.6 Å². The Labute approximate surface area is 173 Å². The van der Waals surface area contributed by atoms with E-state index in [4.69, 9.17) is 14.6 Å². The number of pyridine rings is 1. The first kappa shape index (κ1) is 22.1. The van der Waals surface area contributed by atoms with E-state index >= 15 is 0 Å². The smallest absolute Gasteiger partial charge is 0.330 e. The van der Waals surface area contributed by atoms with Crippen LogP contribution in [0.2, 0.25) is 0 Å². The number of aryl methyl sites for hydroxylation is 1. The summed E-state index contributed by atoms with van der Waals surface area (Å²) >= 11 is 0. The van der Waals surface area contributed by atoms with Gasteiger partial charge in [0, 0.05) is 30.6 Å². The first-order chi connectivity index (χ1) is 14.2. The zero-order valence-electron chi connectivity index (χ0n) is 16.3. The molecule has 30 heavy (non-hydrogen) atoms. The van der Waals surface area contributed by atoms with Gasteiger partial charge in [-0.2, -0.15) is 0 Å². The fourth-order valence-electron chi connectivity index (χ4n) is 3.24. The summed E-state index contributed by atoms with van der Waals surface area (Å²) in [6, 6.07) is 7.36. The van der Waals surface area contributed by atoms with Gasteiger partial charge in [0.05, 0.1) is 11.9 Å². The summed E-state index contributed by atoms with van der Waals surface area (Å²) in [6.07, 6.45) is 4.46. The molecule has 2 heterocycles. The molecule has 1 saturated heterocycles. The Hall–Kier alpha value is -2.61. The van der Waals surface area contributed by atoms with E-state index < -0.39 is 25.4 Å². The van der Waals surface area contributed by atoms with Gasteiger partial charge in [0.15, 0.2) is 0 Å². The fraction of sp³-hybridized carbons (Fsp3) is 0.400. The first-order valence-corrected chi connectivity index (χ1v) is 11.5. The summed E-state index contributed by atoms with van der Waals surface area (Å²) in [5.41, 5.74) is 2.39. The van der Waals surface area contributed by atoms with E-state index in [9.17, 15) is 18.9 Å². The first-order valence-electron chi connectivity index (χ1n) is 9.70. The summed E-state index contributed by atoms with van der Waals surface area (Å²) in [5, 5.41) is 1.44. The zero-order chi connectivity index (χ0) is 21.7. The minimum absolute atomic E-state index is 0.0536. The lowest BCUT2D eigenvalue weighted by Crippen LogP contribution is -2.32. The monoisotopic (exact) mass is 434 g/mol. The highest BCUT2D eigenvalue weighted by Gasteiger charge is 2.32. The van der Waals surface area contributed by atoms with Crippen molar-refractivity contribution < 1.29 is 33.6 Å². The molecule has 0 unspecified atom stereocenters. The predicted molar refractivity (Wildman–Crippen MR) is 107 cm³/mol. The standard InChI is InChI=1S/C20H23N2O7P/c23-18-7-8-19(24)22(18)29-20(25)12-14-5-6-16-10-15(13-21-17(16)11-14)4-2-1-3-9-30(26,27)28/h5-6,10-11,13H,1-4,7-9,12H2,(H2,26,27,28). The van der Waals surface area contributed by atoms with E-state index in [0.717, 1.165) is 30.2 Å². The normalized spacial score (nSPS) is 14.5. The SMILES string of the molecule is O=C(Cc1ccc2cc(CCCCCP(=O)(O)O)cnc2c1)ON1C(=O)CCC1=O. The summed E-state index contributed by atoms with van der Waals surface area (Å²) < 4.78 is 10.8. The van der Waals surface area contributed by atoms with Crippen LogP contribution in [0.25, 0.3) is 10.9 Å². The topological polar surface area (TPSA) is 134 Å². The average Bonchev–Trinajstić information content (AvgIpc) is 2.99. The van der Waals surface area contributed by atoms with E-state index in [2.05, 4.69) is 4.98 Å². The Morgan fingerprint density at radius 3 is 2.50 bits per heavy atom. The number of benzene rings is 1. The Bertz CT molecular complexity index is 1000. The van der Waals surface area contributed by atoms with Gasteiger partial charge >= 0.3 is 13.6 Å². The molecule has 9 nitrogen and oxygen atoms in total. The van der Waals surface area contributed by atoms with E-state index in [-0.39, 0.29) is 25.4 Å². The summed E-state index contributed by atoms with van der Waals surface area (Å²) in [4.78, 5) is 62.1. The van der Waals surface area contributed by atoms with Crippen LogP contribution in [0.15, 0.2) is 30.5 Å². The molecule has 3 rings (SSSR count). The van der Waals surface area contributed by atoms with Crippen LogP contribution in [-0.2, 0) is 36.6 Å². The number of hydroxylamine groups is 2. The zero-order valence-corrected chi connectivity index (χ0v) is 17.2. The summed E-state index contributed by atoms with van der Waals surface area (Å²) in [5.74, 6) is -1.71. The lowest BCUT2D eigenvalue weighted by molar-refractivity contribution is -0.197. The fourth-order valence-corrected chi connectivity index (χ4v) is 3.88. The highest BCUT2D eigenvalue weighted by atomic mass is 31.2. The molecule has 1 fully saturated rings. The molecule has 0 bridgehead atoms. The Morgan fingerprint density at radius 2 is 1.80 bits per heavy atom. The molecule has 10 heteroatoms. The molecule has 2 N–H and O–H groups in total. The minimum atomic E-state index is -3.92. The number of hydrogen-bond acceptors (Lipinski definition) is 6. The van der Waals surface area contributed by atoms with Crippen LogP contribution in [0.5, 0.6) is 0 Å². The number of carbonyl (C=O) groups is 3. The number of fused-ring (bicyclic) bond motifs is 1. The van der Waals surface area contributed by atoms with Crippen LogP contribution < -0.4 is 0 Å². The molecule has 0 spiro atoms. The van der Waals surface area contributed by atoms with E-state index in [1.807, 2.05) is 12.1 Å². The predicted octanol–water partition coefficient (Wildman–Crippen LogP) is 2.28. The van der Waals surface area contributed by atoms with Gasteiger partial charge in [-0.05, 0) is 42.5 Å². The number of carbonyl (C=O) groups excluding carboxylic acids is 3. The van der Waals surface area contributed by atoms with Crippen molar-refractivity contribution >= 4 is 36.3 Å². The molecule has 2 amide bonds. The third-order valence-electron chi connectivity index (χ3n) is 4.77. The van der Waals surface area contributed by atoms with Crippen LogP contribution in [-0.4, -0.2) is 43.8 Å². The van der Waals surface area contributed by atoms with Gasteiger partial charge in [0.25, 0.3) is 11.8 Å². The van der Waals surface area contributed by atoms with Crippen LogP contribution in [0.1, 0.15) is 43.2 Å². The van der Waals surface area contributed by atoms with Crippen molar-refractivity contribution in [2.24, 2.45) is 0 Å². The average molecular weight is 434 g/mol. The maximum atomic E-state index is 12.0. The number of hydrogen-bond donors (Lipinski definition) is 2. The maximum absolute atomic E-state index is 12.0. The molecule has 0 aliphatic carbocycles. The van der Waals surface area contributed by atoms with Gasteiger partial charge in [-0.25, -0.2) is 4.79 Å². The summed E-state index contributed by atoms with van der Waals surface area (Å²) in [6.45, 7) is 0. The van der Waals surface area contributed by atoms with Crippen LogP contribution >= 0.6 is 7.60 Å². The van der Waals surface area contributed by atoms with E-state index in [1.54, 1.807) is 18.3 Å². The quantitative estimate of drug-likeness (QED) is 0.349. The molecule has 1 aliphatic rings. The number of rotatable bonds is 9. The molecular formula is C20H23N2O7P. The van der Waals surface area contributed by atoms with Gasteiger partial charge in [0.1, 0.15) is 0 Å².